The van der Waals surface area contributed by atoms with E-state index in [2.05, 4.69) is 43.9 Å². The summed E-state index contributed by atoms with van der Waals surface area (Å²) in [5, 5.41) is 5.67. The standard InChI is InChI=1S/C27H29N7/c1-3-20-4-5-26-24(16-20)23(6-9-28-26)25-18-30-34-19-22(17-29-27(25)34)32-10-7-21(8-11-32)33-14-12-31(2)13-15-33/h1,4-6,9,16-19,21H,7-8,10-15H2,2H3. The van der Waals surface area contributed by atoms with Gasteiger partial charge in [0.2, 0.25) is 0 Å². The molecular weight excluding hydrogens is 422 g/mol. The number of anilines is 1. The van der Waals surface area contributed by atoms with Gasteiger partial charge in [0.15, 0.2) is 5.65 Å². The number of piperazine rings is 1. The largest absolute Gasteiger partial charge is 0.369 e. The highest BCUT2D eigenvalue weighted by atomic mass is 15.3. The number of aromatic nitrogens is 4. The van der Waals surface area contributed by atoms with Crippen molar-refractivity contribution in [3.05, 3.63) is 54.6 Å². The minimum Gasteiger partial charge on any atom is -0.369 e. The number of terminal acetylenes is 1. The average Bonchev–Trinajstić information content (AvgIpc) is 3.31. The van der Waals surface area contributed by atoms with Crippen molar-refractivity contribution in [3.8, 4) is 23.5 Å². The van der Waals surface area contributed by atoms with Gasteiger partial charge in [0.1, 0.15) is 0 Å². The van der Waals surface area contributed by atoms with Crippen LogP contribution in [0.2, 0.25) is 0 Å². The number of hydrogen-bond donors (Lipinski definition) is 0. The van der Waals surface area contributed by atoms with Gasteiger partial charge >= 0.3 is 0 Å². The van der Waals surface area contributed by atoms with E-state index in [1.54, 1.807) is 0 Å². The van der Waals surface area contributed by atoms with Crippen LogP contribution in [0.15, 0.2) is 49.1 Å². The number of piperidine rings is 1. The lowest BCUT2D eigenvalue weighted by Gasteiger charge is -2.42. The normalized spacial score (nSPS) is 18.5. The van der Waals surface area contributed by atoms with E-state index in [4.69, 9.17) is 11.4 Å². The topological polar surface area (TPSA) is 52.8 Å². The lowest BCUT2D eigenvalue weighted by atomic mass is 10.0. The Labute approximate surface area is 200 Å². The fourth-order valence-electron chi connectivity index (χ4n) is 5.37. The second-order valence-corrected chi connectivity index (χ2v) is 9.43. The van der Waals surface area contributed by atoms with Crippen molar-refractivity contribution in [2.24, 2.45) is 0 Å². The third-order valence-electron chi connectivity index (χ3n) is 7.43. The van der Waals surface area contributed by atoms with Crippen molar-refractivity contribution in [1.29, 1.82) is 0 Å². The Morgan fingerprint density at radius 3 is 2.56 bits per heavy atom. The van der Waals surface area contributed by atoms with Crippen LogP contribution >= 0.6 is 0 Å². The number of nitrogens with zero attached hydrogens (tertiary/aromatic N) is 7. The monoisotopic (exact) mass is 451 g/mol. The van der Waals surface area contributed by atoms with E-state index in [0.717, 1.165) is 52.0 Å². The molecule has 2 saturated heterocycles. The summed E-state index contributed by atoms with van der Waals surface area (Å²) in [7, 11) is 2.22. The summed E-state index contributed by atoms with van der Waals surface area (Å²) in [4.78, 5) is 16.9. The third kappa shape index (κ3) is 3.79. The molecule has 2 aliphatic heterocycles. The van der Waals surface area contributed by atoms with Crippen molar-refractivity contribution < 1.29 is 0 Å². The summed E-state index contributed by atoms with van der Waals surface area (Å²) in [6, 6.07) is 8.62. The summed E-state index contributed by atoms with van der Waals surface area (Å²) in [5.74, 6) is 2.72. The van der Waals surface area contributed by atoms with Gasteiger partial charge in [0.05, 0.1) is 29.8 Å². The third-order valence-corrected chi connectivity index (χ3v) is 7.43. The first-order chi connectivity index (χ1) is 16.7. The Balaban J connectivity index is 1.24. The maximum atomic E-state index is 5.64. The van der Waals surface area contributed by atoms with Crippen molar-refractivity contribution in [3.63, 3.8) is 0 Å². The molecule has 2 aliphatic rings. The molecule has 6 rings (SSSR count). The molecule has 0 spiro atoms. The fourth-order valence-corrected chi connectivity index (χ4v) is 5.37. The van der Waals surface area contributed by atoms with Crippen molar-refractivity contribution in [1.82, 2.24) is 29.4 Å². The molecule has 34 heavy (non-hydrogen) atoms. The summed E-state index contributed by atoms with van der Waals surface area (Å²) >= 11 is 0. The molecule has 5 heterocycles. The number of pyridine rings is 1. The Hall–Kier alpha value is -3.47. The lowest BCUT2D eigenvalue weighted by molar-refractivity contribution is 0.0982. The van der Waals surface area contributed by atoms with Gasteiger partial charge in [-0.2, -0.15) is 5.10 Å². The molecule has 0 saturated carbocycles. The fraction of sp³-hybridized carbons (Fsp3) is 0.370. The number of likely N-dealkylation sites (N-methyl/N-ethyl adjacent to an activating group) is 1. The molecule has 1 aromatic carbocycles. The molecule has 0 radical (unpaired) electrons. The summed E-state index contributed by atoms with van der Waals surface area (Å²) in [5.41, 5.74) is 5.76. The first kappa shape index (κ1) is 21.1. The number of fused-ring (bicyclic) bond motifs is 2. The molecule has 0 N–H and O–H groups in total. The number of benzene rings is 1. The second-order valence-electron chi connectivity index (χ2n) is 9.43. The van der Waals surface area contributed by atoms with Gasteiger partial charge in [-0.3, -0.25) is 9.88 Å². The first-order valence-corrected chi connectivity index (χ1v) is 12.1. The molecule has 0 atom stereocenters. The number of rotatable bonds is 3. The Morgan fingerprint density at radius 1 is 0.941 bits per heavy atom. The van der Waals surface area contributed by atoms with Crippen LogP contribution in [-0.4, -0.2) is 81.7 Å². The van der Waals surface area contributed by atoms with E-state index in [9.17, 15) is 0 Å². The summed E-state index contributed by atoms with van der Waals surface area (Å²) < 4.78 is 1.90. The Kier molecular flexibility index (Phi) is 5.40. The molecule has 7 heteroatoms. The van der Waals surface area contributed by atoms with E-state index < -0.39 is 0 Å². The van der Waals surface area contributed by atoms with Crippen LogP contribution < -0.4 is 4.90 Å². The summed E-state index contributed by atoms with van der Waals surface area (Å²) in [6.45, 7) is 6.86. The van der Waals surface area contributed by atoms with E-state index >= 15 is 0 Å². The molecule has 0 unspecified atom stereocenters. The molecule has 7 nitrogen and oxygen atoms in total. The van der Waals surface area contributed by atoms with E-state index in [1.807, 2.05) is 47.4 Å². The van der Waals surface area contributed by atoms with Crippen LogP contribution in [0, 0.1) is 12.3 Å². The highest BCUT2D eigenvalue weighted by molar-refractivity contribution is 5.98. The molecule has 2 fully saturated rings. The predicted octanol–water partition coefficient (Wildman–Crippen LogP) is 3.14. The van der Waals surface area contributed by atoms with Gasteiger partial charge in [-0.25, -0.2) is 9.50 Å². The highest BCUT2D eigenvalue weighted by Gasteiger charge is 2.27. The second kappa shape index (κ2) is 8.71. The minimum absolute atomic E-state index is 0.700. The maximum absolute atomic E-state index is 5.64. The molecular formula is C27H29N7. The average molecular weight is 452 g/mol. The number of hydrogen-bond acceptors (Lipinski definition) is 6. The Bertz CT molecular complexity index is 1370. The first-order valence-electron chi connectivity index (χ1n) is 12.1. The molecule has 172 valence electrons. The lowest BCUT2D eigenvalue weighted by Crippen LogP contribution is -2.52. The van der Waals surface area contributed by atoms with Crippen LogP contribution in [0.5, 0.6) is 0 Å². The van der Waals surface area contributed by atoms with Gasteiger partial charge in [-0.05, 0) is 49.7 Å². The van der Waals surface area contributed by atoms with Crippen LogP contribution in [0.25, 0.3) is 27.7 Å². The van der Waals surface area contributed by atoms with Crippen LogP contribution in [0.1, 0.15) is 18.4 Å². The van der Waals surface area contributed by atoms with E-state index in [1.165, 1.54) is 39.0 Å². The quantitative estimate of drug-likeness (QED) is 0.446. The predicted molar refractivity (Wildman–Crippen MR) is 136 cm³/mol. The molecule has 0 amide bonds. The van der Waals surface area contributed by atoms with Gasteiger partial charge in [-0.1, -0.05) is 5.92 Å². The van der Waals surface area contributed by atoms with Gasteiger partial charge in [0, 0.05) is 68.0 Å². The zero-order valence-electron chi connectivity index (χ0n) is 19.6. The van der Waals surface area contributed by atoms with Crippen LogP contribution in [-0.2, 0) is 0 Å². The molecule has 4 aromatic rings. The SMILES string of the molecule is C#Cc1ccc2nccc(-c3cnn4cc(N5CCC(N6CCN(C)CC6)CC5)cnc34)c2c1. The van der Waals surface area contributed by atoms with Crippen molar-refractivity contribution in [2.75, 3.05) is 51.2 Å². The van der Waals surface area contributed by atoms with Crippen LogP contribution in [0.3, 0.4) is 0 Å². The maximum Gasteiger partial charge on any atom is 0.162 e. The molecule has 3 aromatic heterocycles. The van der Waals surface area contributed by atoms with Gasteiger partial charge in [0.25, 0.3) is 0 Å². The van der Waals surface area contributed by atoms with Crippen molar-refractivity contribution >= 4 is 22.2 Å². The smallest absolute Gasteiger partial charge is 0.162 e. The highest BCUT2D eigenvalue weighted by Crippen LogP contribution is 2.31. The van der Waals surface area contributed by atoms with E-state index in [-0.39, 0.29) is 0 Å². The zero-order valence-corrected chi connectivity index (χ0v) is 19.6. The zero-order chi connectivity index (χ0) is 23.1. The van der Waals surface area contributed by atoms with Crippen molar-refractivity contribution in [2.45, 2.75) is 18.9 Å². The van der Waals surface area contributed by atoms with Gasteiger partial charge in [-0.15, -0.1) is 6.42 Å². The molecule has 0 bridgehead atoms. The molecule has 0 aliphatic carbocycles. The summed E-state index contributed by atoms with van der Waals surface area (Å²) in [6.07, 6.45) is 15.9. The minimum atomic E-state index is 0.700. The Morgan fingerprint density at radius 2 is 1.76 bits per heavy atom. The van der Waals surface area contributed by atoms with Crippen LogP contribution in [0.4, 0.5) is 5.69 Å². The van der Waals surface area contributed by atoms with Gasteiger partial charge < -0.3 is 9.80 Å². The van der Waals surface area contributed by atoms with E-state index in [0.29, 0.717) is 6.04 Å².